The van der Waals surface area contributed by atoms with E-state index >= 15 is 0 Å². The Morgan fingerprint density at radius 3 is 2.58 bits per heavy atom. The summed E-state index contributed by atoms with van der Waals surface area (Å²) in [5, 5.41) is 7.00. The Labute approximate surface area is 224 Å². The Balaban J connectivity index is 1.51. The molecule has 4 aromatic rings. The van der Waals surface area contributed by atoms with Gasteiger partial charge in [-0.05, 0) is 31.5 Å². The van der Waals surface area contributed by atoms with E-state index in [-0.39, 0.29) is 11.5 Å². The van der Waals surface area contributed by atoms with Gasteiger partial charge < -0.3 is 19.5 Å². The zero-order valence-corrected chi connectivity index (χ0v) is 22.9. The third kappa shape index (κ3) is 5.47. The van der Waals surface area contributed by atoms with Crippen LogP contribution in [0.3, 0.4) is 0 Å². The lowest BCUT2D eigenvalue weighted by Crippen LogP contribution is -2.44. The van der Waals surface area contributed by atoms with Crippen LogP contribution in [0.4, 0.5) is 16.9 Å². The fourth-order valence-electron chi connectivity index (χ4n) is 4.17. The molecule has 1 fully saturated rings. The van der Waals surface area contributed by atoms with Crippen LogP contribution in [0.2, 0.25) is 0 Å². The Bertz CT molecular complexity index is 1570. The number of aryl methyl sites for hydroxylation is 1. The van der Waals surface area contributed by atoms with E-state index < -0.39 is 15.8 Å². The molecule has 0 saturated carbocycles. The van der Waals surface area contributed by atoms with E-state index in [1.807, 2.05) is 4.57 Å². The molecule has 2 N–H and O–H groups in total. The number of carbonyl (C=O) groups excluding carboxylic acids is 1. The predicted octanol–water partition coefficient (Wildman–Crippen LogP) is 2.37. The number of benzene rings is 1. The summed E-state index contributed by atoms with van der Waals surface area (Å²) in [6.07, 6.45) is 2.90. The number of carbonyl (C=O) groups is 1. The smallest absolute Gasteiger partial charge is 0.350 e. The number of rotatable bonds is 8. The van der Waals surface area contributed by atoms with Crippen LogP contribution < -0.4 is 15.5 Å². The second-order valence-corrected chi connectivity index (χ2v) is 11.9. The lowest BCUT2D eigenvalue weighted by atomic mass is 10.2. The van der Waals surface area contributed by atoms with Crippen molar-refractivity contribution in [1.29, 1.82) is 0 Å². The number of fused-ring (bicyclic) bond motifs is 1. The molecule has 0 bridgehead atoms. The van der Waals surface area contributed by atoms with Gasteiger partial charge in [0.05, 0.1) is 30.1 Å². The maximum absolute atomic E-state index is 12.3. The molecule has 0 atom stereocenters. The van der Waals surface area contributed by atoms with Crippen LogP contribution >= 0.6 is 11.3 Å². The van der Waals surface area contributed by atoms with Crippen molar-refractivity contribution in [1.82, 2.24) is 29.8 Å². The first kappa shape index (κ1) is 26.0. The quantitative estimate of drug-likeness (QED) is 0.309. The molecule has 1 aliphatic rings. The number of esters is 1. The SMILES string of the molecule is CCOC(=O)c1sc(Nc2nc(N3CCNCC3)c3ncn(Cc4ccc(S(C)(=O)=O)cc4)c3n2)nc1C. The highest BCUT2D eigenvalue weighted by atomic mass is 32.2. The maximum Gasteiger partial charge on any atom is 0.350 e. The molecule has 200 valence electrons. The van der Waals surface area contributed by atoms with Crippen LogP contribution in [0, 0.1) is 6.92 Å². The number of hydrogen-bond donors (Lipinski definition) is 2. The van der Waals surface area contributed by atoms with E-state index in [2.05, 4.69) is 25.5 Å². The van der Waals surface area contributed by atoms with Gasteiger partial charge in [-0.1, -0.05) is 23.5 Å². The highest BCUT2D eigenvalue weighted by Crippen LogP contribution is 2.29. The first-order chi connectivity index (χ1) is 18.2. The molecule has 38 heavy (non-hydrogen) atoms. The zero-order valence-electron chi connectivity index (χ0n) is 21.3. The van der Waals surface area contributed by atoms with E-state index in [4.69, 9.17) is 14.7 Å². The van der Waals surface area contributed by atoms with Gasteiger partial charge in [-0.15, -0.1) is 0 Å². The number of imidazole rings is 1. The standard InChI is InChI=1S/C24H28N8O4S2/c1-4-36-22(33)19-15(2)27-24(37-19)30-23-28-20(31-11-9-25-10-12-31)18-21(29-23)32(14-26-18)13-16-5-7-17(8-6-16)38(3,34)35/h5-8,14,25H,4,9-13H2,1-3H3,(H,27,28,29,30). The van der Waals surface area contributed by atoms with Crippen LogP contribution in [-0.4, -0.2) is 77.9 Å². The van der Waals surface area contributed by atoms with Gasteiger partial charge in [0.1, 0.15) is 4.88 Å². The zero-order chi connectivity index (χ0) is 26.9. The predicted molar refractivity (Wildman–Crippen MR) is 145 cm³/mol. The third-order valence-electron chi connectivity index (χ3n) is 6.04. The summed E-state index contributed by atoms with van der Waals surface area (Å²) in [5.74, 6) is 0.641. The van der Waals surface area contributed by atoms with Crippen molar-refractivity contribution < 1.29 is 17.9 Å². The number of hydrogen-bond acceptors (Lipinski definition) is 12. The van der Waals surface area contributed by atoms with E-state index in [1.54, 1.807) is 44.4 Å². The number of piperazine rings is 1. The highest BCUT2D eigenvalue weighted by molar-refractivity contribution is 7.90. The summed E-state index contributed by atoms with van der Waals surface area (Å²) in [6.45, 7) is 7.45. The number of anilines is 3. The van der Waals surface area contributed by atoms with Gasteiger partial charge in [0.15, 0.2) is 32.0 Å². The topological polar surface area (TPSA) is 144 Å². The molecule has 3 aromatic heterocycles. The molecule has 1 aliphatic heterocycles. The van der Waals surface area contributed by atoms with Gasteiger partial charge in [0.25, 0.3) is 0 Å². The van der Waals surface area contributed by atoms with Crippen molar-refractivity contribution in [2.45, 2.75) is 25.3 Å². The largest absolute Gasteiger partial charge is 0.462 e. The summed E-state index contributed by atoms with van der Waals surface area (Å²) in [4.78, 5) is 33.8. The van der Waals surface area contributed by atoms with Gasteiger partial charge >= 0.3 is 5.97 Å². The maximum atomic E-state index is 12.3. The van der Waals surface area contributed by atoms with Crippen molar-refractivity contribution in [3.63, 3.8) is 0 Å². The molecular weight excluding hydrogens is 528 g/mol. The molecule has 4 heterocycles. The summed E-state index contributed by atoms with van der Waals surface area (Å²) in [6, 6.07) is 6.78. The van der Waals surface area contributed by atoms with Crippen molar-refractivity contribution >= 4 is 55.2 Å². The van der Waals surface area contributed by atoms with E-state index in [0.29, 0.717) is 45.2 Å². The molecule has 0 spiro atoms. The summed E-state index contributed by atoms with van der Waals surface area (Å²) in [7, 11) is -3.27. The minimum absolute atomic E-state index is 0.271. The number of ether oxygens (including phenoxy) is 1. The molecule has 0 radical (unpaired) electrons. The summed E-state index contributed by atoms with van der Waals surface area (Å²) in [5.41, 5.74) is 2.78. The fraction of sp³-hybridized carbons (Fsp3) is 0.375. The minimum atomic E-state index is -3.27. The van der Waals surface area contributed by atoms with Crippen molar-refractivity contribution in [3.05, 3.63) is 46.7 Å². The highest BCUT2D eigenvalue weighted by Gasteiger charge is 2.22. The van der Waals surface area contributed by atoms with Crippen LogP contribution in [0.5, 0.6) is 0 Å². The Kier molecular flexibility index (Phi) is 7.27. The molecule has 0 aliphatic carbocycles. The second-order valence-electron chi connectivity index (χ2n) is 8.85. The van der Waals surface area contributed by atoms with Crippen LogP contribution in [-0.2, 0) is 21.1 Å². The molecular formula is C24H28N8O4S2. The number of nitrogens with one attached hydrogen (secondary N) is 2. The van der Waals surface area contributed by atoms with Crippen molar-refractivity contribution in [2.75, 3.05) is 49.3 Å². The van der Waals surface area contributed by atoms with Crippen molar-refractivity contribution in [2.24, 2.45) is 0 Å². The number of aromatic nitrogens is 5. The summed E-state index contributed by atoms with van der Waals surface area (Å²) >= 11 is 1.19. The van der Waals surface area contributed by atoms with Crippen LogP contribution in [0.1, 0.15) is 27.9 Å². The first-order valence-electron chi connectivity index (χ1n) is 12.1. The monoisotopic (exact) mass is 556 g/mol. The normalized spacial score (nSPS) is 14.1. The second kappa shape index (κ2) is 10.6. The van der Waals surface area contributed by atoms with E-state index in [9.17, 15) is 13.2 Å². The summed E-state index contributed by atoms with van der Waals surface area (Å²) < 4.78 is 30.7. The minimum Gasteiger partial charge on any atom is -0.462 e. The van der Waals surface area contributed by atoms with Gasteiger partial charge in [0.2, 0.25) is 5.95 Å². The first-order valence-corrected chi connectivity index (χ1v) is 14.8. The van der Waals surface area contributed by atoms with Crippen LogP contribution in [0.25, 0.3) is 11.2 Å². The Hall–Kier alpha value is -3.62. The molecule has 0 amide bonds. The van der Waals surface area contributed by atoms with Crippen LogP contribution in [0.15, 0.2) is 35.5 Å². The van der Waals surface area contributed by atoms with Gasteiger partial charge in [-0.25, -0.2) is 23.2 Å². The van der Waals surface area contributed by atoms with E-state index in [1.165, 1.54) is 17.6 Å². The molecule has 0 unspecified atom stereocenters. The molecule has 14 heteroatoms. The van der Waals surface area contributed by atoms with E-state index in [0.717, 1.165) is 31.7 Å². The van der Waals surface area contributed by atoms with Gasteiger partial charge in [-0.2, -0.15) is 9.97 Å². The fourth-order valence-corrected chi connectivity index (χ4v) is 5.65. The molecule has 12 nitrogen and oxygen atoms in total. The van der Waals surface area contributed by atoms with Crippen molar-refractivity contribution in [3.8, 4) is 0 Å². The number of nitrogens with zero attached hydrogens (tertiary/aromatic N) is 6. The Morgan fingerprint density at radius 2 is 1.89 bits per heavy atom. The third-order valence-corrected chi connectivity index (χ3v) is 8.22. The average molecular weight is 557 g/mol. The molecule has 1 saturated heterocycles. The van der Waals surface area contributed by atoms with Gasteiger partial charge in [0, 0.05) is 32.4 Å². The lowest BCUT2D eigenvalue weighted by molar-refractivity contribution is 0.0531. The number of thiazole rings is 1. The van der Waals surface area contributed by atoms with Gasteiger partial charge in [-0.3, -0.25) is 5.32 Å². The Morgan fingerprint density at radius 1 is 1.16 bits per heavy atom. The lowest BCUT2D eigenvalue weighted by Gasteiger charge is -2.28. The molecule has 1 aromatic carbocycles. The average Bonchev–Trinajstić information content (AvgIpc) is 3.47. The number of sulfone groups is 1. The molecule has 5 rings (SSSR count).